The van der Waals surface area contributed by atoms with Gasteiger partial charge in [-0.3, -0.25) is 14.9 Å². The number of sulfonamides is 1. The van der Waals surface area contributed by atoms with Crippen molar-refractivity contribution in [3.05, 3.63) is 51.6 Å². The van der Waals surface area contributed by atoms with Crippen molar-refractivity contribution in [2.75, 3.05) is 25.0 Å². The van der Waals surface area contributed by atoms with Gasteiger partial charge in [0, 0.05) is 24.7 Å². The number of carbonyl (C=O) groups is 2. The summed E-state index contributed by atoms with van der Waals surface area (Å²) in [6, 6.07) is 6.43. The molecular formula is C18H19N3O7S2. The molecule has 2 heterocycles. The van der Waals surface area contributed by atoms with Gasteiger partial charge in [-0.25, -0.2) is 13.2 Å². The van der Waals surface area contributed by atoms with Gasteiger partial charge >= 0.3 is 11.0 Å². The third kappa shape index (κ3) is 4.50. The number of rotatable bonds is 7. The molecule has 10 nitrogen and oxygen atoms in total. The first-order valence-electron chi connectivity index (χ1n) is 9.11. The number of benzene rings is 1. The first-order valence-corrected chi connectivity index (χ1v) is 11.4. The number of hydrogen-bond donors (Lipinski definition) is 1. The molecule has 1 aromatic carbocycles. The molecule has 1 aliphatic heterocycles. The average molecular weight is 453 g/mol. The molecule has 0 spiro atoms. The highest BCUT2D eigenvalue weighted by Crippen LogP contribution is 2.34. The Balaban J connectivity index is 1.81. The molecule has 1 fully saturated rings. The van der Waals surface area contributed by atoms with Crippen LogP contribution in [-0.2, 0) is 14.8 Å². The lowest BCUT2D eigenvalue weighted by molar-refractivity contribution is -0.380. The normalized spacial score (nSPS) is 14.4. The minimum Gasteiger partial charge on any atom is -0.462 e. The summed E-state index contributed by atoms with van der Waals surface area (Å²) in [5.41, 5.74) is 0.0244. The van der Waals surface area contributed by atoms with Crippen LogP contribution in [0.5, 0.6) is 0 Å². The Bertz CT molecular complexity index is 1070. The van der Waals surface area contributed by atoms with Crippen LogP contribution in [0.3, 0.4) is 0 Å². The molecular weight excluding hydrogens is 434 g/mol. The topological polar surface area (TPSA) is 136 Å². The van der Waals surface area contributed by atoms with Crippen LogP contribution in [0.4, 0.5) is 10.0 Å². The Hall–Kier alpha value is -2.83. The van der Waals surface area contributed by atoms with Crippen LogP contribution < -0.4 is 5.32 Å². The molecule has 12 heteroatoms. The number of amides is 1. The maximum atomic E-state index is 12.6. The SMILES string of the molecule is CCOC(=O)c1cc([N+](=O)[O-])sc1NC(=O)c1ccc(S(=O)(=O)N2CCCC2)cc1. The lowest BCUT2D eigenvalue weighted by atomic mass is 10.2. The van der Waals surface area contributed by atoms with E-state index in [1.54, 1.807) is 6.92 Å². The van der Waals surface area contributed by atoms with Crippen molar-refractivity contribution in [3.63, 3.8) is 0 Å². The predicted molar refractivity (Wildman–Crippen MR) is 109 cm³/mol. The molecule has 3 rings (SSSR count). The van der Waals surface area contributed by atoms with Gasteiger partial charge in [-0.1, -0.05) is 0 Å². The highest BCUT2D eigenvalue weighted by atomic mass is 32.2. The maximum absolute atomic E-state index is 12.6. The number of carbonyl (C=O) groups excluding carboxylic acids is 2. The second kappa shape index (κ2) is 8.90. The predicted octanol–water partition coefficient (Wildman–Crippen LogP) is 2.87. The minimum absolute atomic E-state index is 0.0149. The first-order chi connectivity index (χ1) is 14.2. The zero-order chi connectivity index (χ0) is 21.9. The number of anilines is 1. The second-order valence-electron chi connectivity index (χ2n) is 6.39. The second-order valence-corrected chi connectivity index (χ2v) is 9.36. The molecule has 0 unspecified atom stereocenters. The van der Waals surface area contributed by atoms with Gasteiger partial charge in [-0.05, 0) is 55.4 Å². The molecule has 0 saturated carbocycles. The van der Waals surface area contributed by atoms with Crippen LogP contribution in [-0.4, -0.2) is 49.2 Å². The summed E-state index contributed by atoms with van der Waals surface area (Å²) in [7, 11) is -3.60. The largest absolute Gasteiger partial charge is 0.462 e. The van der Waals surface area contributed by atoms with E-state index in [9.17, 15) is 28.1 Å². The smallest absolute Gasteiger partial charge is 0.341 e. The van der Waals surface area contributed by atoms with Crippen molar-refractivity contribution in [1.29, 1.82) is 0 Å². The van der Waals surface area contributed by atoms with E-state index in [4.69, 9.17) is 4.74 Å². The summed E-state index contributed by atoms with van der Waals surface area (Å²) in [5.74, 6) is -1.42. The van der Waals surface area contributed by atoms with E-state index in [1.165, 1.54) is 28.6 Å². The van der Waals surface area contributed by atoms with Crippen LogP contribution >= 0.6 is 11.3 Å². The van der Waals surface area contributed by atoms with Crippen LogP contribution in [0.25, 0.3) is 0 Å². The molecule has 0 bridgehead atoms. The summed E-state index contributed by atoms with van der Waals surface area (Å²) < 4.78 is 31.4. The van der Waals surface area contributed by atoms with Gasteiger partial charge in [0.05, 0.1) is 16.4 Å². The molecule has 1 aliphatic rings. The van der Waals surface area contributed by atoms with E-state index < -0.39 is 26.8 Å². The molecule has 0 radical (unpaired) electrons. The van der Waals surface area contributed by atoms with Gasteiger partial charge in [0.1, 0.15) is 10.6 Å². The molecule has 1 saturated heterocycles. The van der Waals surface area contributed by atoms with E-state index in [2.05, 4.69) is 5.32 Å². The van der Waals surface area contributed by atoms with E-state index >= 15 is 0 Å². The quantitative estimate of drug-likeness (QED) is 0.387. The molecule has 0 aliphatic carbocycles. The summed E-state index contributed by atoms with van der Waals surface area (Å²) in [4.78, 5) is 35.0. The van der Waals surface area contributed by atoms with Crippen LogP contribution in [0.1, 0.15) is 40.5 Å². The van der Waals surface area contributed by atoms with Crippen molar-refractivity contribution < 1.29 is 27.7 Å². The standard InChI is InChI=1S/C18H19N3O7S2/c1-2-28-18(23)14-11-15(21(24)25)29-17(14)19-16(22)12-5-7-13(8-6-12)30(26,27)20-9-3-4-10-20/h5-8,11H,2-4,9-10H2,1H3,(H,19,22). The number of hydrogen-bond acceptors (Lipinski definition) is 8. The zero-order valence-electron chi connectivity index (χ0n) is 16.0. The number of esters is 1. The highest BCUT2D eigenvalue weighted by molar-refractivity contribution is 7.89. The Morgan fingerprint density at radius 2 is 1.87 bits per heavy atom. The number of thiophene rings is 1. The zero-order valence-corrected chi connectivity index (χ0v) is 17.6. The lowest BCUT2D eigenvalue weighted by Crippen LogP contribution is -2.27. The lowest BCUT2D eigenvalue weighted by Gasteiger charge is -2.15. The van der Waals surface area contributed by atoms with Crippen molar-refractivity contribution in [1.82, 2.24) is 4.31 Å². The first kappa shape index (κ1) is 21.9. The van der Waals surface area contributed by atoms with Gasteiger partial charge < -0.3 is 10.1 Å². The average Bonchev–Trinajstić information content (AvgIpc) is 3.39. The summed E-state index contributed by atoms with van der Waals surface area (Å²) in [6.45, 7) is 2.61. The van der Waals surface area contributed by atoms with Crippen LogP contribution in [0, 0.1) is 10.1 Å². The van der Waals surface area contributed by atoms with Gasteiger partial charge in [0.25, 0.3) is 5.91 Å². The number of ether oxygens (including phenoxy) is 1. The van der Waals surface area contributed by atoms with Crippen molar-refractivity contribution in [2.45, 2.75) is 24.7 Å². The van der Waals surface area contributed by atoms with E-state index in [0.717, 1.165) is 18.9 Å². The Kier molecular flexibility index (Phi) is 6.48. The van der Waals surface area contributed by atoms with Crippen LogP contribution in [0.2, 0.25) is 0 Å². The van der Waals surface area contributed by atoms with Crippen LogP contribution in [0.15, 0.2) is 35.2 Å². The Morgan fingerprint density at radius 1 is 1.23 bits per heavy atom. The van der Waals surface area contributed by atoms with Crippen molar-refractivity contribution in [3.8, 4) is 0 Å². The third-order valence-electron chi connectivity index (χ3n) is 4.44. The van der Waals surface area contributed by atoms with Gasteiger partial charge in [-0.2, -0.15) is 4.31 Å². The molecule has 30 heavy (non-hydrogen) atoms. The fourth-order valence-corrected chi connectivity index (χ4v) is 5.33. The third-order valence-corrected chi connectivity index (χ3v) is 7.36. The van der Waals surface area contributed by atoms with Gasteiger partial charge in [0.2, 0.25) is 10.0 Å². The summed E-state index contributed by atoms with van der Waals surface area (Å²) in [5, 5.41) is 13.2. The molecule has 1 aromatic heterocycles. The van der Waals surface area contributed by atoms with Crippen molar-refractivity contribution in [2.24, 2.45) is 0 Å². The molecule has 160 valence electrons. The Labute approximate surface area is 176 Å². The summed E-state index contributed by atoms with van der Waals surface area (Å²) >= 11 is 0.635. The summed E-state index contributed by atoms with van der Waals surface area (Å²) in [6.07, 6.45) is 1.63. The van der Waals surface area contributed by atoms with E-state index in [0.29, 0.717) is 24.4 Å². The molecule has 2 aromatic rings. The highest BCUT2D eigenvalue weighted by Gasteiger charge is 2.28. The molecule has 1 N–H and O–H groups in total. The van der Waals surface area contributed by atoms with Gasteiger partial charge in [0.15, 0.2) is 0 Å². The van der Waals surface area contributed by atoms with E-state index in [1.807, 2.05) is 0 Å². The number of nitrogens with one attached hydrogen (secondary N) is 1. The fraction of sp³-hybridized carbons (Fsp3) is 0.333. The molecule has 0 atom stereocenters. The van der Waals surface area contributed by atoms with E-state index in [-0.39, 0.29) is 32.6 Å². The maximum Gasteiger partial charge on any atom is 0.341 e. The Morgan fingerprint density at radius 3 is 2.43 bits per heavy atom. The number of nitro groups is 1. The number of nitrogens with zero attached hydrogens (tertiary/aromatic N) is 2. The minimum atomic E-state index is -3.60. The monoisotopic (exact) mass is 453 g/mol. The fourth-order valence-electron chi connectivity index (χ4n) is 2.95. The van der Waals surface area contributed by atoms with Gasteiger partial charge in [-0.15, -0.1) is 0 Å². The van der Waals surface area contributed by atoms with Crippen molar-refractivity contribution >= 4 is 43.2 Å². The molecule has 1 amide bonds.